The van der Waals surface area contributed by atoms with Gasteiger partial charge < -0.3 is 10.0 Å². The molecule has 0 saturated heterocycles. The third kappa shape index (κ3) is 3.99. The Bertz CT molecular complexity index is 256. The molecule has 0 spiro atoms. The van der Waals surface area contributed by atoms with Crippen molar-refractivity contribution in [3.8, 4) is 0 Å². The van der Waals surface area contributed by atoms with E-state index in [1.54, 1.807) is 4.90 Å². The smallest absolute Gasteiger partial charge is 0.323 e. The minimum atomic E-state index is -0.784. The van der Waals surface area contributed by atoms with Gasteiger partial charge in [0.25, 0.3) is 0 Å². The average molecular weight is 204 g/mol. The standard InChI is InChI=1S/C9H13NO2.ClH/c1-7-3-8(2)5-10(4-7)6-9(11)12;/h3-4H,5-6H2,1-2H3,(H,11,12);1H. The molecular weight excluding hydrogens is 190 g/mol. The van der Waals surface area contributed by atoms with Gasteiger partial charge in [-0.25, -0.2) is 0 Å². The SMILES string of the molecule is CC1=CN(CC(=O)O)CC(C)=C1.Cl. The molecule has 0 unspecified atom stereocenters. The number of hydrogen-bond acceptors (Lipinski definition) is 2. The van der Waals surface area contributed by atoms with Gasteiger partial charge in [0.15, 0.2) is 0 Å². The van der Waals surface area contributed by atoms with Gasteiger partial charge in [-0.2, -0.15) is 0 Å². The van der Waals surface area contributed by atoms with Crippen LogP contribution in [0.4, 0.5) is 0 Å². The summed E-state index contributed by atoms with van der Waals surface area (Å²) < 4.78 is 0. The van der Waals surface area contributed by atoms with E-state index < -0.39 is 5.97 Å². The molecule has 13 heavy (non-hydrogen) atoms. The van der Waals surface area contributed by atoms with Crippen molar-refractivity contribution in [2.75, 3.05) is 13.1 Å². The molecule has 0 saturated carbocycles. The lowest BCUT2D eigenvalue weighted by molar-refractivity contribution is -0.137. The average Bonchev–Trinajstić information content (AvgIpc) is 1.81. The van der Waals surface area contributed by atoms with E-state index in [1.165, 1.54) is 5.57 Å². The van der Waals surface area contributed by atoms with Crippen LogP contribution < -0.4 is 0 Å². The fourth-order valence-corrected chi connectivity index (χ4v) is 1.40. The molecule has 0 aromatic heterocycles. The van der Waals surface area contributed by atoms with Crippen LogP contribution in [0.5, 0.6) is 0 Å². The molecule has 0 aromatic carbocycles. The van der Waals surface area contributed by atoms with E-state index in [9.17, 15) is 4.79 Å². The number of carboxylic acids is 1. The van der Waals surface area contributed by atoms with Crippen molar-refractivity contribution in [3.63, 3.8) is 0 Å². The number of rotatable bonds is 2. The van der Waals surface area contributed by atoms with Crippen LogP contribution in [0.3, 0.4) is 0 Å². The maximum absolute atomic E-state index is 10.4. The molecule has 1 heterocycles. The fraction of sp³-hybridized carbons (Fsp3) is 0.444. The Balaban J connectivity index is 0.00000144. The second kappa shape index (κ2) is 4.92. The van der Waals surface area contributed by atoms with Gasteiger partial charge in [0.1, 0.15) is 6.54 Å². The summed E-state index contributed by atoms with van der Waals surface area (Å²) in [5, 5.41) is 8.55. The second-order valence-electron chi connectivity index (χ2n) is 3.16. The lowest BCUT2D eigenvalue weighted by Gasteiger charge is -2.22. The normalized spacial score (nSPS) is 15.7. The zero-order valence-corrected chi connectivity index (χ0v) is 8.60. The van der Waals surface area contributed by atoms with Crippen molar-refractivity contribution < 1.29 is 9.90 Å². The summed E-state index contributed by atoms with van der Waals surface area (Å²) in [6.07, 6.45) is 3.94. The van der Waals surface area contributed by atoms with Gasteiger partial charge in [-0.05, 0) is 19.4 Å². The second-order valence-corrected chi connectivity index (χ2v) is 3.16. The molecule has 0 radical (unpaired) electrons. The van der Waals surface area contributed by atoms with Gasteiger partial charge in [-0.1, -0.05) is 11.6 Å². The van der Waals surface area contributed by atoms with E-state index in [1.807, 2.05) is 20.0 Å². The number of hydrogen-bond donors (Lipinski definition) is 1. The highest BCUT2D eigenvalue weighted by Gasteiger charge is 2.09. The number of aliphatic carboxylic acids is 1. The largest absolute Gasteiger partial charge is 0.480 e. The number of carboxylic acid groups (broad SMARTS) is 1. The number of nitrogens with zero attached hydrogens (tertiary/aromatic N) is 1. The van der Waals surface area contributed by atoms with Crippen LogP contribution in [0, 0.1) is 0 Å². The molecule has 3 nitrogen and oxygen atoms in total. The zero-order chi connectivity index (χ0) is 9.14. The molecule has 1 N–H and O–H groups in total. The predicted octanol–water partition coefficient (Wildman–Crippen LogP) is 1.66. The molecule has 0 fully saturated rings. The first-order chi connectivity index (χ1) is 5.58. The Morgan fingerprint density at radius 1 is 1.62 bits per heavy atom. The van der Waals surface area contributed by atoms with Crippen LogP contribution in [0.2, 0.25) is 0 Å². The van der Waals surface area contributed by atoms with E-state index in [-0.39, 0.29) is 19.0 Å². The molecule has 0 aliphatic carbocycles. The van der Waals surface area contributed by atoms with E-state index >= 15 is 0 Å². The summed E-state index contributed by atoms with van der Waals surface area (Å²) in [4.78, 5) is 12.2. The van der Waals surface area contributed by atoms with Gasteiger partial charge in [0, 0.05) is 12.7 Å². The highest BCUT2D eigenvalue weighted by molar-refractivity contribution is 5.85. The van der Waals surface area contributed by atoms with Crippen LogP contribution in [-0.4, -0.2) is 29.1 Å². The third-order valence-corrected chi connectivity index (χ3v) is 1.65. The van der Waals surface area contributed by atoms with Gasteiger partial charge in [0.05, 0.1) is 0 Å². The van der Waals surface area contributed by atoms with Crippen LogP contribution in [0.15, 0.2) is 23.4 Å². The molecule has 1 aliphatic heterocycles. The predicted molar refractivity (Wildman–Crippen MR) is 54.0 cm³/mol. The van der Waals surface area contributed by atoms with Crippen molar-refractivity contribution in [1.82, 2.24) is 4.90 Å². The number of carbonyl (C=O) groups is 1. The van der Waals surface area contributed by atoms with Crippen molar-refractivity contribution in [3.05, 3.63) is 23.4 Å². The van der Waals surface area contributed by atoms with Gasteiger partial charge in [-0.3, -0.25) is 4.79 Å². The van der Waals surface area contributed by atoms with E-state index in [0.717, 1.165) is 12.1 Å². The first-order valence-electron chi connectivity index (χ1n) is 3.89. The summed E-state index contributed by atoms with van der Waals surface area (Å²) in [6, 6.07) is 0. The molecule has 1 aliphatic rings. The van der Waals surface area contributed by atoms with Crippen molar-refractivity contribution in [2.24, 2.45) is 0 Å². The molecule has 0 aromatic rings. The summed E-state index contributed by atoms with van der Waals surface area (Å²) in [6.45, 7) is 4.79. The summed E-state index contributed by atoms with van der Waals surface area (Å²) in [5.74, 6) is -0.784. The molecule has 74 valence electrons. The minimum absolute atomic E-state index is 0. The first-order valence-corrected chi connectivity index (χ1v) is 3.89. The van der Waals surface area contributed by atoms with Crippen LogP contribution in [0.25, 0.3) is 0 Å². The maximum atomic E-state index is 10.4. The Labute approximate surface area is 84.1 Å². The highest BCUT2D eigenvalue weighted by Crippen LogP contribution is 2.11. The van der Waals surface area contributed by atoms with E-state index in [0.29, 0.717) is 0 Å². The highest BCUT2D eigenvalue weighted by atomic mass is 35.5. The minimum Gasteiger partial charge on any atom is -0.480 e. The Kier molecular flexibility index (Phi) is 4.56. The maximum Gasteiger partial charge on any atom is 0.323 e. The summed E-state index contributed by atoms with van der Waals surface area (Å²) in [5.41, 5.74) is 2.32. The van der Waals surface area contributed by atoms with Gasteiger partial charge >= 0.3 is 5.97 Å². The monoisotopic (exact) mass is 203 g/mol. The lowest BCUT2D eigenvalue weighted by atomic mass is 10.1. The van der Waals surface area contributed by atoms with Gasteiger partial charge in [0.2, 0.25) is 0 Å². The fourth-order valence-electron chi connectivity index (χ4n) is 1.40. The quantitative estimate of drug-likeness (QED) is 0.742. The van der Waals surface area contributed by atoms with Crippen molar-refractivity contribution >= 4 is 18.4 Å². The Hall–Kier alpha value is -0.960. The molecule has 1 rings (SSSR count). The number of halogens is 1. The van der Waals surface area contributed by atoms with Crippen molar-refractivity contribution in [1.29, 1.82) is 0 Å². The molecule has 4 heteroatoms. The first kappa shape index (κ1) is 12.0. The van der Waals surface area contributed by atoms with E-state index in [2.05, 4.69) is 6.08 Å². The molecule has 0 amide bonds. The van der Waals surface area contributed by atoms with Crippen LogP contribution >= 0.6 is 12.4 Å². The van der Waals surface area contributed by atoms with E-state index in [4.69, 9.17) is 5.11 Å². The third-order valence-electron chi connectivity index (χ3n) is 1.65. The molecule has 0 bridgehead atoms. The molecule has 0 atom stereocenters. The summed E-state index contributed by atoms with van der Waals surface area (Å²) in [7, 11) is 0. The molecular formula is C9H14ClNO2. The number of allylic oxidation sites excluding steroid dienone is 2. The Morgan fingerprint density at radius 3 is 2.69 bits per heavy atom. The zero-order valence-electron chi connectivity index (χ0n) is 7.78. The lowest BCUT2D eigenvalue weighted by Crippen LogP contribution is -2.28. The summed E-state index contributed by atoms with van der Waals surface area (Å²) >= 11 is 0. The van der Waals surface area contributed by atoms with Crippen molar-refractivity contribution in [2.45, 2.75) is 13.8 Å². The van der Waals surface area contributed by atoms with Crippen LogP contribution in [-0.2, 0) is 4.79 Å². The topological polar surface area (TPSA) is 40.5 Å². The van der Waals surface area contributed by atoms with Gasteiger partial charge in [-0.15, -0.1) is 12.4 Å². The van der Waals surface area contributed by atoms with Crippen LogP contribution in [0.1, 0.15) is 13.8 Å². The Morgan fingerprint density at radius 2 is 2.23 bits per heavy atom.